The summed E-state index contributed by atoms with van der Waals surface area (Å²) < 4.78 is 32.1. The third-order valence-corrected chi connectivity index (χ3v) is 2.91. The first-order chi connectivity index (χ1) is 9.00. The summed E-state index contributed by atoms with van der Waals surface area (Å²) in [5.74, 6) is -1.93. The summed E-state index contributed by atoms with van der Waals surface area (Å²) in [6.07, 6.45) is 1.03. The summed E-state index contributed by atoms with van der Waals surface area (Å²) in [5.41, 5.74) is 0. The lowest BCUT2D eigenvalue weighted by Crippen LogP contribution is -2.25. The fourth-order valence-corrected chi connectivity index (χ4v) is 1.92. The molecule has 108 valence electrons. The predicted octanol–water partition coefficient (Wildman–Crippen LogP) is 2.65. The van der Waals surface area contributed by atoms with Gasteiger partial charge >= 0.3 is 0 Å². The minimum atomic E-state index is -0.948. The standard InChI is InChI=1S/C13H19BrF2N2O/c1-18(2)6-3-4-17-5-7-19-12-9-10(14)8-11(15)13(12)16/h8-9,17H,3-7H2,1-2H3. The smallest absolute Gasteiger partial charge is 0.200 e. The van der Waals surface area contributed by atoms with E-state index in [1.807, 2.05) is 14.1 Å². The molecule has 0 saturated heterocycles. The lowest BCUT2D eigenvalue weighted by molar-refractivity contribution is 0.291. The summed E-state index contributed by atoms with van der Waals surface area (Å²) in [5, 5.41) is 3.18. The van der Waals surface area contributed by atoms with Crippen LogP contribution in [0, 0.1) is 11.6 Å². The van der Waals surface area contributed by atoms with Crippen LogP contribution in [0.25, 0.3) is 0 Å². The largest absolute Gasteiger partial charge is 0.489 e. The van der Waals surface area contributed by atoms with E-state index in [-0.39, 0.29) is 5.75 Å². The van der Waals surface area contributed by atoms with Gasteiger partial charge in [0.25, 0.3) is 0 Å². The minimum absolute atomic E-state index is 0.0676. The number of benzene rings is 1. The molecule has 0 unspecified atom stereocenters. The number of hydrogen-bond acceptors (Lipinski definition) is 3. The van der Waals surface area contributed by atoms with Gasteiger partial charge in [-0.3, -0.25) is 0 Å². The normalized spacial score (nSPS) is 11.1. The number of rotatable bonds is 8. The molecule has 0 aromatic heterocycles. The first kappa shape index (κ1) is 16.3. The maximum Gasteiger partial charge on any atom is 0.200 e. The van der Waals surface area contributed by atoms with Crippen LogP contribution in [0.1, 0.15) is 6.42 Å². The maximum atomic E-state index is 13.4. The average Bonchev–Trinajstić information content (AvgIpc) is 2.33. The Morgan fingerprint density at radius 2 is 2.00 bits per heavy atom. The lowest BCUT2D eigenvalue weighted by atomic mass is 10.3. The van der Waals surface area contributed by atoms with Gasteiger partial charge in [0.1, 0.15) is 6.61 Å². The predicted molar refractivity (Wildman–Crippen MR) is 75.6 cm³/mol. The number of halogens is 3. The molecule has 1 aromatic carbocycles. The monoisotopic (exact) mass is 336 g/mol. The molecule has 19 heavy (non-hydrogen) atoms. The zero-order valence-corrected chi connectivity index (χ0v) is 12.8. The van der Waals surface area contributed by atoms with Crippen molar-refractivity contribution in [1.29, 1.82) is 0 Å². The van der Waals surface area contributed by atoms with Gasteiger partial charge in [-0.1, -0.05) is 15.9 Å². The van der Waals surface area contributed by atoms with E-state index in [0.717, 1.165) is 25.6 Å². The molecule has 0 heterocycles. The highest BCUT2D eigenvalue weighted by Gasteiger charge is 2.10. The van der Waals surface area contributed by atoms with E-state index in [1.165, 1.54) is 6.07 Å². The minimum Gasteiger partial charge on any atom is -0.489 e. The second-order valence-corrected chi connectivity index (χ2v) is 5.37. The van der Waals surface area contributed by atoms with Crippen molar-refractivity contribution in [1.82, 2.24) is 10.2 Å². The van der Waals surface area contributed by atoms with E-state index >= 15 is 0 Å². The van der Waals surface area contributed by atoms with E-state index in [9.17, 15) is 8.78 Å². The molecule has 6 heteroatoms. The molecule has 1 N–H and O–H groups in total. The number of nitrogens with zero attached hydrogens (tertiary/aromatic N) is 1. The maximum absolute atomic E-state index is 13.4. The SMILES string of the molecule is CN(C)CCCNCCOc1cc(Br)cc(F)c1F. The van der Waals surface area contributed by atoms with Gasteiger partial charge in [-0.15, -0.1) is 0 Å². The van der Waals surface area contributed by atoms with Crippen molar-refractivity contribution in [2.75, 3.05) is 40.3 Å². The Morgan fingerprint density at radius 1 is 1.26 bits per heavy atom. The highest BCUT2D eigenvalue weighted by molar-refractivity contribution is 9.10. The van der Waals surface area contributed by atoms with Crippen LogP contribution in [0.2, 0.25) is 0 Å². The van der Waals surface area contributed by atoms with Crippen molar-refractivity contribution in [3.8, 4) is 5.75 Å². The van der Waals surface area contributed by atoms with Crippen molar-refractivity contribution in [3.63, 3.8) is 0 Å². The quantitative estimate of drug-likeness (QED) is 0.583. The zero-order chi connectivity index (χ0) is 14.3. The van der Waals surface area contributed by atoms with Crippen molar-refractivity contribution < 1.29 is 13.5 Å². The summed E-state index contributed by atoms with van der Waals surface area (Å²) in [6, 6.07) is 2.49. The molecular formula is C13H19BrF2N2O. The van der Waals surface area contributed by atoms with Gasteiger partial charge in [0.2, 0.25) is 5.82 Å². The molecule has 0 aliphatic carbocycles. The molecule has 0 bridgehead atoms. The summed E-state index contributed by atoms with van der Waals surface area (Å²) >= 11 is 3.10. The first-order valence-corrected chi connectivity index (χ1v) is 6.93. The Morgan fingerprint density at radius 3 is 2.68 bits per heavy atom. The topological polar surface area (TPSA) is 24.5 Å². The van der Waals surface area contributed by atoms with E-state index in [1.54, 1.807) is 0 Å². The van der Waals surface area contributed by atoms with Crippen molar-refractivity contribution in [2.45, 2.75) is 6.42 Å². The molecule has 1 rings (SSSR count). The summed E-state index contributed by atoms with van der Waals surface area (Å²) in [4.78, 5) is 2.11. The van der Waals surface area contributed by atoms with Crippen LogP contribution in [0.4, 0.5) is 8.78 Å². The van der Waals surface area contributed by atoms with Crippen LogP contribution in [0.15, 0.2) is 16.6 Å². The van der Waals surface area contributed by atoms with Crippen LogP contribution in [-0.2, 0) is 0 Å². The fraction of sp³-hybridized carbons (Fsp3) is 0.538. The fourth-order valence-electron chi connectivity index (χ4n) is 1.52. The number of nitrogens with one attached hydrogen (secondary N) is 1. The van der Waals surface area contributed by atoms with Gasteiger partial charge in [0, 0.05) is 11.0 Å². The van der Waals surface area contributed by atoms with Crippen molar-refractivity contribution >= 4 is 15.9 Å². The van der Waals surface area contributed by atoms with Gasteiger partial charge in [-0.2, -0.15) is 4.39 Å². The molecule has 3 nitrogen and oxygen atoms in total. The molecule has 0 atom stereocenters. The zero-order valence-electron chi connectivity index (χ0n) is 11.2. The lowest BCUT2D eigenvalue weighted by Gasteiger charge is -2.11. The van der Waals surface area contributed by atoms with Gasteiger partial charge in [-0.05, 0) is 45.7 Å². The number of ether oxygens (including phenoxy) is 1. The second-order valence-electron chi connectivity index (χ2n) is 4.46. The molecule has 0 fully saturated rings. The van der Waals surface area contributed by atoms with Crippen LogP contribution < -0.4 is 10.1 Å². The van der Waals surface area contributed by atoms with Crippen molar-refractivity contribution in [3.05, 3.63) is 28.2 Å². The van der Waals surface area contributed by atoms with Crippen molar-refractivity contribution in [2.24, 2.45) is 0 Å². The van der Waals surface area contributed by atoms with E-state index in [4.69, 9.17) is 4.74 Å². The Kier molecular flexibility index (Phi) is 7.27. The molecule has 1 aromatic rings. The van der Waals surface area contributed by atoms with Gasteiger partial charge in [0.05, 0.1) is 0 Å². The van der Waals surface area contributed by atoms with E-state index in [0.29, 0.717) is 17.6 Å². The van der Waals surface area contributed by atoms with Gasteiger partial charge < -0.3 is 15.0 Å². The molecule has 0 radical (unpaired) electrons. The van der Waals surface area contributed by atoms with Gasteiger partial charge in [0.15, 0.2) is 11.6 Å². The Labute approximate surface area is 121 Å². The van der Waals surface area contributed by atoms with Gasteiger partial charge in [-0.25, -0.2) is 4.39 Å². The summed E-state index contributed by atoms with van der Waals surface area (Å²) in [7, 11) is 4.04. The highest BCUT2D eigenvalue weighted by Crippen LogP contribution is 2.25. The van der Waals surface area contributed by atoms with Crippen LogP contribution in [0.5, 0.6) is 5.75 Å². The molecule has 0 saturated carbocycles. The average molecular weight is 337 g/mol. The second kappa shape index (κ2) is 8.45. The van der Waals surface area contributed by atoms with E-state index in [2.05, 4.69) is 26.1 Å². The molecule has 0 aliphatic rings. The third kappa shape index (κ3) is 6.31. The summed E-state index contributed by atoms with van der Waals surface area (Å²) in [6.45, 7) is 2.78. The molecule has 0 aliphatic heterocycles. The Bertz CT molecular complexity index is 402. The molecule has 0 amide bonds. The third-order valence-electron chi connectivity index (χ3n) is 2.45. The molecule has 0 spiro atoms. The van der Waals surface area contributed by atoms with Crippen LogP contribution >= 0.6 is 15.9 Å². The number of hydrogen-bond donors (Lipinski definition) is 1. The van der Waals surface area contributed by atoms with Crippen LogP contribution in [0.3, 0.4) is 0 Å². The first-order valence-electron chi connectivity index (χ1n) is 6.13. The Balaban J connectivity index is 2.23. The van der Waals surface area contributed by atoms with E-state index < -0.39 is 11.6 Å². The highest BCUT2D eigenvalue weighted by atomic mass is 79.9. The van der Waals surface area contributed by atoms with Crippen LogP contribution in [-0.4, -0.2) is 45.2 Å². The Hall–Kier alpha value is -0.720. The molecular weight excluding hydrogens is 318 g/mol.